The highest BCUT2D eigenvalue weighted by molar-refractivity contribution is 6.36. The minimum absolute atomic E-state index is 0.384. The Balaban J connectivity index is 3.77. The maximum Gasteiger partial charge on any atom is 0.242 e. The third kappa shape index (κ3) is 20.2. The first kappa shape index (κ1) is 25.0. The fourth-order valence-corrected chi connectivity index (χ4v) is 5.57. The smallest absolute Gasteiger partial charge is 0.242 e. The molecule has 0 aliphatic rings. The number of hydrogen-bond donors (Lipinski definition) is 0. The van der Waals surface area contributed by atoms with Gasteiger partial charge in [0, 0.05) is 0 Å². The van der Waals surface area contributed by atoms with Crippen LogP contribution in [0.2, 0.25) is 6.04 Å². The molecule has 0 spiro atoms. The quantitative estimate of drug-likeness (QED) is 0.209. The zero-order valence-electron chi connectivity index (χ0n) is 17.4. The second-order valence-electron chi connectivity index (χ2n) is 7.22. The summed E-state index contributed by atoms with van der Waals surface area (Å²) in [5.74, 6) is 0. The summed E-state index contributed by atoms with van der Waals surface area (Å²) >= 11 is 0. The molecule has 0 unspecified atom stereocenters. The van der Waals surface area contributed by atoms with Gasteiger partial charge in [-0.15, -0.1) is 0 Å². The lowest BCUT2D eigenvalue weighted by Crippen LogP contribution is -2.25. The van der Waals surface area contributed by atoms with Gasteiger partial charge in [0.1, 0.15) is 0 Å². The molecule has 0 aliphatic heterocycles. The average molecular weight is 403 g/mol. The highest BCUT2D eigenvalue weighted by Crippen LogP contribution is 2.10. The Labute approximate surface area is 163 Å². The van der Waals surface area contributed by atoms with Crippen LogP contribution in [0.1, 0.15) is 86.0 Å². The van der Waals surface area contributed by atoms with Crippen molar-refractivity contribution in [1.29, 1.82) is 0 Å². The summed E-state index contributed by atoms with van der Waals surface area (Å²) in [7, 11) is -1.88. The highest BCUT2D eigenvalue weighted by Gasteiger charge is 2.08. The van der Waals surface area contributed by atoms with Crippen molar-refractivity contribution in [2.45, 2.75) is 98.5 Å². The van der Waals surface area contributed by atoms with Gasteiger partial charge in [-0.3, -0.25) is 0 Å². The molecule has 0 N–H and O–H groups in total. The van der Waals surface area contributed by atoms with Crippen molar-refractivity contribution in [2.75, 3.05) is 0 Å². The normalized spacial score (nSPS) is 13.5. The number of hydrogen-bond acceptors (Lipinski definition) is 3. The predicted molar refractivity (Wildman–Crippen MR) is 119 cm³/mol. The number of rotatable bonds is 17. The molecular weight excluding hydrogens is 360 g/mol. The van der Waals surface area contributed by atoms with Crippen LogP contribution in [0.4, 0.5) is 0 Å². The van der Waals surface area contributed by atoms with Crippen molar-refractivity contribution in [3.05, 3.63) is 22.5 Å². The Morgan fingerprint density at radius 2 is 1.20 bits per heavy atom. The summed E-state index contributed by atoms with van der Waals surface area (Å²) in [6, 6.07) is 1.24. The molecule has 0 radical (unpaired) electrons. The van der Waals surface area contributed by atoms with Gasteiger partial charge in [0.2, 0.25) is 6.48 Å². The van der Waals surface area contributed by atoms with E-state index in [0.717, 1.165) is 0 Å². The molecule has 0 aromatic carbocycles. The molecular formula is C19H42O3Si3. The van der Waals surface area contributed by atoms with E-state index in [2.05, 4.69) is 46.0 Å². The van der Waals surface area contributed by atoms with Crippen molar-refractivity contribution in [3.63, 3.8) is 0 Å². The SMILES string of the molecule is CCCCCCCCCC[SiH2]OC(O[SiH2]C=C(C)C)O[SiH2]C=C(C)C. The molecule has 0 fully saturated rings. The van der Waals surface area contributed by atoms with Gasteiger partial charge in [-0.05, 0) is 33.7 Å². The van der Waals surface area contributed by atoms with Gasteiger partial charge in [0.25, 0.3) is 0 Å². The molecule has 6 heteroatoms. The Morgan fingerprint density at radius 3 is 1.68 bits per heavy atom. The average Bonchev–Trinajstić information content (AvgIpc) is 2.55. The first-order chi connectivity index (χ1) is 12.1. The topological polar surface area (TPSA) is 27.7 Å². The van der Waals surface area contributed by atoms with Gasteiger partial charge in [-0.1, -0.05) is 80.8 Å². The van der Waals surface area contributed by atoms with Crippen LogP contribution in [0.25, 0.3) is 0 Å². The second-order valence-corrected chi connectivity index (χ2v) is 10.8. The van der Waals surface area contributed by atoms with E-state index in [0.29, 0.717) is 0 Å². The molecule has 0 heterocycles. The van der Waals surface area contributed by atoms with E-state index < -0.39 is 29.3 Å². The van der Waals surface area contributed by atoms with Crippen LogP contribution in [0.15, 0.2) is 22.5 Å². The molecule has 0 atom stereocenters. The first-order valence-electron chi connectivity index (χ1n) is 10.2. The summed E-state index contributed by atoms with van der Waals surface area (Å²) < 4.78 is 17.7. The van der Waals surface area contributed by atoms with E-state index in [-0.39, 0.29) is 6.48 Å². The van der Waals surface area contributed by atoms with E-state index >= 15 is 0 Å². The lowest BCUT2D eigenvalue weighted by Gasteiger charge is -2.19. The monoisotopic (exact) mass is 402 g/mol. The Kier molecular flexibility index (Phi) is 18.8. The van der Waals surface area contributed by atoms with Gasteiger partial charge in [0.15, 0.2) is 29.3 Å². The molecule has 3 nitrogen and oxygen atoms in total. The molecule has 25 heavy (non-hydrogen) atoms. The maximum atomic E-state index is 5.97. The fourth-order valence-electron chi connectivity index (χ4n) is 2.32. The largest absolute Gasteiger partial charge is 0.380 e. The molecule has 0 saturated heterocycles. The van der Waals surface area contributed by atoms with Crippen molar-refractivity contribution < 1.29 is 13.3 Å². The number of unbranched alkanes of at least 4 members (excludes halogenated alkanes) is 7. The molecule has 0 rings (SSSR count). The second kappa shape index (κ2) is 18.8. The minimum atomic E-state index is -0.677. The van der Waals surface area contributed by atoms with Crippen LogP contribution in [0, 0.1) is 0 Å². The third-order valence-corrected chi connectivity index (χ3v) is 8.14. The van der Waals surface area contributed by atoms with Crippen LogP contribution in [-0.2, 0) is 13.3 Å². The Morgan fingerprint density at radius 1 is 0.720 bits per heavy atom. The van der Waals surface area contributed by atoms with Crippen LogP contribution in [-0.4, -0.2) is 35.8 Å². The lowest BCUT2D eigenvalue weighted by molar-refractivity contribution is -0.138. The van der Waals surface area contributed by atoms with E-state index in [1.54, 1.807) is 0 Å². The van der Waals surface area contributed by atoms with E-state index in [1.165, 1.54) is 68.6 Å². The third-order valence-electron chi connectivity index (χ3n) is 3.95. The Bertz CT molecular complexity index is 330. The summed E-state index contributed by atoms with van der Waals surface area (Å²) in [6.45, 7) is 10.3. The Hall–Kier alpha value is 0.0106. The lowest BCUT2D eigenvalue weighted by atomic mass is 10.1. The van der Waals surface area contributed by atoms with Gasteiger partial charge in [-0.2, -0.15) is 0 Å². The van der Waals surface area contributed by atoms with Gasteiger partial charge in [-0.25, -0.2) is 0 Å². The fraction of sp³-hybridized carbons (Fsp3) is 0.789. The standard InChI is InChI=1S/C19H42O3Si3/c1-6-7-8-9-10-11-12-13-14-23-20-19(21-24-15-17(2)3)22-25-16-18(4)5/h15-16,19H,6-14,23-25H2,1-5H3. The van der Waals surface area contributed by atoms with E-state index in [9.17, 15) is 0 Å². The molecule has 0 aromatic heterocycles. The minimum Gasteiger partial charge on any atom is -0.380 e. The highest BCUT2D eigenvalue weighted by atomic mass is 28.2. The zero-order valence-corrected chi connectivity index (χ0v) is 21.7. The molecule has 0 aromatic rings. The summed E-state index contributed by atoms with van der Waals surface area (Å²) in [4.78, 5) is 0. The zero-order chi connectivity index (χ0) is 18.8. The molecule has 0 saturated carbocycles. The predicted octanol–water partition coefficient (Wildman–Crippen LogP) is 3.98. The van der Waals surface area contributed by atoms with Gasteiger partial charge < -0.3 is 13.3 Å². The summed E-state index contributed by atoms with van der Waals surface area (Å²) in [6.07, 6.45) is 11.0. The summed E-state index contributed by atoms with van der Waals surface area (Å²) in [5, 5.41) is 0. The van der Waals surface area contributed by atoms with E-state index in [1.807, 2.05) is 0 Å². The van der Waals surface area contributed by atoms with Gasteiger partial charge in [0.05, 0.1) is 0 Å². The first-order valence-corrected chi connectivity index (χ1v) is 14.5. The van der Waals surface area contributed by atoms with Crippen LogP contribution < -0.4 is 0 Å². The molecule has 0 amide bonds. The number of allylic oxidation sites excluding steroid dienone is 2. The van der Waals surface area contributed by atoms with Crippen LogP contribution in [0.5, 0.6) is 0 Å². The van der Waals surface area contributed by atoms with Crippen molar-refractivity contribution in [3.8, 4) is 0 Å². The molecule has 0 bridgehead atoms. The van der Waals surface area contributed by atoms with Crippen molar-refractivity contribution >= 4 is 29.3 Å². The summed E-state index contributed by atoms with van der Waals surface area (Å²) in [5.41, 5.74) is 7.07. The molecule has 0 aliphatic carbocycles. The van der Waals surface area contributed by atoms with Crippen LogP contribution in [0.3, 0.4) is 0 Å². The van der Waals surface area contributed by atoms with Crippen molar-refractivity contribution in [2.24, 2.45) is 0 Å². The molecule has 148 valence electrons. The maximum absolute atomic E-state index is 5.97. The van der Waals surface area contributed by atoms with Crippen LogP contribution >= 0.6 is 0 Å². The van der Waals surface area contributed by atoms with E-state index in [4.69, 9.17) is 13.3 Å². The van der Waals surface area contributed by atoms with Crippen molar-refractivity contribution in [1.82, 2.24) is 0 Å². The van der Waals surface area contributed by atoms with Gasteiger partial charge >= 0.3 is 0 Å².